The van der Waals surface area contributed by atoms with Crippen molar-refractivity contribution in [2.45, 2.75) is 51.3 Å². The molecule has 0 saturated carbocycles. The van der Waals surface area contributed by atoms with Crippen molar-refractivity contribution < 1.29 is 14.7 Å². The number of carboxylic acids is 1. The average Bonchev–Trinajstić information content (AvgIpc) is 2.24. The summed E-state index contributed by atoms with van der Waals surface area (Å²) in [6.45, 7) is 5.46. The molecule has 1 aliphatic heterocycles. The number of carboxylic acid groups (broad SMARTS) is 1. The van der Waals surface area contributed by atoms with Gasteiger partial charge in [0.15, 0.2) is 0 Å². The molecule has 0 aromatic rings. The van der Waals surface area contributed by atoms with Crippen molar-refractivity contribution in [2.75, 3.05) is 5.75 Å². The lowest BCUT2D eigenvalue weighted by Gasteiger charge is -2.30. The number of thioether (sulfide) groups is 1. The highest BCUT2D eigenvalue weighted by Gasteiger charge is 2.34. The Hall–Kier alpha value is -0.710. The van der Waals surface area contributed by atoms with Crippen LogP contribution in [0.25, 0.3) is 0 Å². The molecule has 1 amide bonds. The maximum Gasteiger partial charge on any atom is 0.326 e. The Bertz CT molecular complexity index is 293. The topological polar surface area (TPSA) is 66.4 Å². The largest absolute Gasteiger partial charge is 0.480 e. The van der Waals surface area contributed by atoms with Crippen LogP contribution in [0.1, 0.15) is 40.0 Å². The van der Waals surface area contributed by atoms with Crippen LogP contribution in [0.4, 0.5) is 0 Å². The summed E-state index contributed by atoms with van der Waals surface area (Å²) in [4.78, 5) is 23.1. The summed E-state index contributed by atoms with van der Waals surface area (Å²) in [6.07, 6.45) is 3.06. The van der Waals surface area contributed by atoms with Crippen LogP contribution in [-0.2, 0) is 9.59 Å². The van der Waals surface area contributed by atoms with E-state index in [1.54, 1.807) is 11.8 Å². The van der Waals surface area contributed by atoms with E-state index in [2.05, 4.69) is 5.32 Å². The molecule has 4 nitrogen and oxygen atoms in total. The molecule has 5 heteroatoms. The van der Waals surface area contributed by atoms with E-state index in [1.165, 1.54) is 0 Å². The lowest BCUT2D eigenvalue weighted by atomic mass is 9.86. The number of hydrogen-bond acceptors (Lipinski definition) is 3. The zero-order chi connectivity index (χ0) is 13.1. The zero-order valence-corrected chi connectivity index (χ0v) is 11.5. The lowest BCUT2D eigenvalue weighted by Crippen LogP contribution is -2.51. The minimum Gasteiger partial charge on any atom is -0.480 e. The van der Waals surface area contributed by atoms with E-state index in [4.69, 9.17) is 5.11 Å². The van der Waals surface area contributed by atoms with E-state index in [1.807, 2.05) is 20.8 Å². The Kier molecular flexibility index (Phi) is 4.86. The van der Waals surface area contributed by atoms with Crippen molar-refractivity contribution in [3.05, 3.63) is 0 Å². The van der Waals surface area contributed by atoms with Gasteiger partial charge in [0, 0.05) is 0 Å². The first-order valence-corrected chi connectivity index (χ1v) is 7.02. The minimum atomic E-state index is -0.966. The highest BCUT2D eigenvalue weighted by atomic mass is 32.2. The molecule has 1 aliphatic rings. The number of carbonyl (C=O) groups is 2. The van der Waals surface area contributed by atoms with Gasteiger partial charge in [-0.2, -0.15) is 0 Å². The molecular formula is C12H21NO3S. The number of aliphatic carboxylic acids is 1. The van der Waals surface area contributed by atoms with Crippen LogP contribution < -0.4 is 5.32 Å². The van der Waals surface area contributed by atoms with Gasteiger partial charge in [-0.15, -0.1) is 11.8 Å². The fourth-order valence-corrected chi connectivity index (χ4v) is 3.04. The second-order valence-electron chi connectivity index (χ2n) is 5.50. The molecule has 17 heavy (non-hydrogen) atoms. The van der Waals surface area contributed by atoms with Crippen LogP contribution >= 0.6 is 11.8 Å². The van der Waals surface area contributed by atoms with Crippen LogP contribution in [0.2, 0.25) is 0 Å². The summed E-state index contributed by atoms with van der Waals surface area (Å²) in [5.41, 5.74) is -0.471. The van der Waals surface area contributed by atoms with E-state index in [0.29, 0.717) is 0 Å². The minimum absolute atomic E-state index is 0.0760. The van der Waals surface area contributed by atoms with Crippen molar-refractivity contribution in [1.29, 1.82) is 0 Å². The van der Waals surface area contributed by atoms with Crippen LogP contribution in [0, 0.1) is 5.41 Å². The third-order valence-corrected chi connectivity index (χ3v) is 4.25. The van der Waals surface area contributed by atoms with Crippen molar-refractivity contribution >= 4 is 23.6 Å². The van der Waals surface area contributed by atoms with E-state index in [0.717, 1.165) is 25.0 Å². The molecule has 0 aromatic heterocycles. The molecule has 0 bridgehead atoms. The van der Waals surface area contributed by atoms with Gasteiger partial charge in [-0.05, 0) is 24.0 Å². The molecule has 1 heterocycles. The molecule has 1 fully saturated rings. The Morgan fingerprint density at radius 2 is 2.00 bits per heavy atom. The first-order chi connectivity index (χ1) is 7.82. The van der Waals surface area contributed by atoms with E-state index in [9.17, 15) is 9.59 Å². The van der Waals surface area contributed by atoms with Gasteiger partial charge in [-0.25, -0.2) is 4.79 Å². The molecular weight excluding hydrogens is 238 g/mol. The average molecular weight is 259 g/mol. The molecule has 0 radical (unpaired) electrons. The van der Waals surface area contributed by atoms with Crippen LogP contribution in [0.15, 0.2) is 0 Å². The second-order valence-corrected chi connectivity index (χ2v) is 6.81. The molecule has 1 saturated heterocycles. The first-order valence-electron chi connectivity index (χ1n) is 5.97. The Morgan fingerprint density at radius 1 is 1.35 bits per heavy atom. The fourth-order valence-electron chi connectivity index (χ4n) is 1.83. The monoisotopic (exact) mass is 259 g/mol. The van der Waals surface area contributed by atoms with Gasteiger partial charge in [-0.3, -0.25) is 4.79 Å². The second kappa shape index (κ2) is 5.76. The summed E-state index contributed by atoms with van der Waals surface area (Å²) in [6, 6.07) is -0.822. The summed E-state index contributed by atoms with van der Waals surface area (Å²) in [7, 11) is 0. The predicted octanol–water partition coefficient (Wildman–Crippen LogP) is 1.89. The van der Waals surface area contributed by atoms with E-state index < -0.39 is 17.4 Å². The molecule has 1 rings (SSSR count). The van der Waals surface area contributed by atoms with Gasteiger partial charge in [-0.1, -0.05) is 27.2 Å². The molecule has 98 valence electrons. The summed E-state index contributed by atoms with van der Waals surface area (Å²) < 4.78 is 0. The number of carbonyl (C=O) groups excluding carboxylic acids is 1. The number of amides is 1. The Morgan fingerprint density at radius 3 is 2.41 bits per heavy atom. The number of rotatable bonds is 3. The van der Waals surface area contributed by atoms with Crippen molar-refractivity contribution in [2.24, 2.45) is 5.41 Å². The normalized spacial score (nSPS) is 22.9. The molecule has 1 unspecified atom stereocenters. The third-order valence-electron chi connectivity index (χ3n) is 2.87. The van der Waals surface area contributed by atoms with Gasteiger partial charge in [0.25, 0.3) is 0 Å². The van der Waals surface area contributed by atoms with Crippen molar-refractivity contribution in [3.63, 3.8) is 0 Å². The van der Waals surface area contributed by atoms with E-state index >= 15 is 0 Å². The van der Waals surface area contributed by atoms with Gasteiger partial charge in [0.2, 0.25) is 5.91 Å². The van der Waals surface area contributed by atoms with Gasteiger partial charge in [0.1, 0.15) is 6.04 Å². The van der Waals surface area contributed by atoms with Crippen LogP contribution in [0.3, 0.4) is 0 Å². The first kappa shape index (κ1) is 14.4. The van der Waals surface area contributed by atoms with Gasteiger partial charge >= 0.3 is 5.97 Å². The van der Waals surface area contributed by atoms with Crippen molar-refractivity contribution in [1.82, 2.24) is 5.32 Å². The number of hydrogen-bond donors (Lipinski definition) is 2. The molecule has 0 aliphatic carbocycles. The summed E-state index contributed by atoms with van der Waals surface area (Å²) in [5.74, 6) is -0.102. The summed E-state index contributed by atoms with van der Waals surface area (Å²) in [5, 5.41) is 11.7. The Labute approximate surface area is 107 Å². The smallest absolute Gasteiger partial charge is 0.326 e. The van der Waals surface area contributed by atoms with E-state index in [-0.39, 0.29) is 11.2 Å². The highest BCUT2D eigenvalue weighted by molar-refractivity contribution is 8.00. The molecule has 0 aromatic carbocycles. The third kappa shape index (κ3) is 4.22. The highest BCUT2D eigenvalue weighted by Crippen LogP contribution is 2.26. The quantitative estimate of drug-likeness (QED) is 0.812. The standard InChI is InChI=1S/C12H21NO3S/c1-12(2,3)9(11(15)16)13-10(14)8-6-4-5-7-17-8/h8-9H,4-7H2,1-3H3,(H,13,14)(H,15,16)/t8?,9-/m0/s1. The predicted molar refractivity (Wildman–Crippen MR) is 69.1 cm³/mol. The van der Waals surface area contributed by atoms with Gasteiger partial charge < -0.3 is 10.4 Å². The van der Waals surface area contributed by atoms with Crippen LogP contribution in [-0.4, -0.2) is 34.0 Å². The van der Waals surface area contributed by atoms with Crippen LogP contribution in [0.5, 0.6) is 0 Å². The number of nitrogens with one attached hydrogen (secondary N) is 1. The van der Waals surface area contributed by atoms with Gasteiger partial charge in [0.05, 0.1) is 5.25 Å². The SMILES string of the molecule is CC(C)(C)[C@@H](NC(=O)C1CCCCS1)C(=O)O. The van der Waals surface area contributed by atoms with Crippen molar-refractivity contribution in [3.8, 4) is 0 Å². The lowest BCUT2D eigenvalue weighted by molar-refractivity contribution is -0.144. The molecule has 2 N–H and O–H groups in total. The zero-order valence-electron chi connectivity index (χ0n) is 10.7. The maximum absolute atomic E-state index is 12.0. The molecule has 0 spiro atoms. The molecule has 2 atom stereocenters. The Balaban J connectivity index is 2.60. The summed E-state index contributed by atoms with van der Waals surface area (Å²) >= 11 is 1.63. The fraction of sp³-hybridized carbons (Fsp3) is 0.833. The maximum atomic E-state index is 12.0.